The van der Waals surface area contributed by atoms with E-state index in [0.29, 0.717) is 0 Å². The Kier molecular flexibility index (Phi) is 4.30. The zero-order valence-corrected chi connectivity index (χ0v) is 6.72. The van der Waals surface area contributed by atoms with Crippen molar-refractivity contribution >= 4 is 0 Å². The minimum Gasteiger partial charge on any atom is -0.0990 e. The summed E-state index contributed by atoms with van der Waals surface area (Å²) in [6.07, 6.45) is 7.72. The van der Waals surface area contributed by atoms with Crippen LogP contribution < -0.4 is 0 Å². The highest BCUT2D eigenvalue weighted by atomic mass is 13.9. The van der Waals surface area contributed by atoms with E-state index < -0.39 is 0 Å². The van der Waals surface area contributed by atoms with E-state index >= 15 is 0 Å². The topological polar surface area (TPSA) is 0 Å². The number of hydrogen-bond acceptors (Lipinski definition) is 0. The molecule has 0 heterocycles. The molecule has 0 bridgehead atoms. The van der Waals surface area contributed by atoms with Gasteiger partial charge in [-0.25, -0.2) is 0 Å². The van der Waals surface area contributed by atoms with E-state index in [4.69, 9.17) is 0 Å². The highest BCUT2D eigenvalue weighted by Crippen LogP contribution is 2.07. The van der Waals surface area contributed by atoms with E-state index in [1.54, 1.807) is 6.08 Å². The van der Waals surface area contributed by atoms with Gasteiger partial charge in [0.05, 0.1) is 0 Å². The van der Waals surface area contributed by atoms with Crippen molar-refractivity contribution in [2.24, 2.45) is 0 Å². The molecule has 0 fully saturated rings. The molecule has 0 N–H and O–H groups in total. The van der Waals surface area contributed by atoms with Gasteiger partial charge in [-0.1, -0.05) is 43.0 Å². The predicted molar refractivity (Wildman–Crippen MR) is 47.9 cm³/mol. The van der Waals surface area contributed by atoms with Crippen molar-refractivity contribution in [2.45, 2.75) is 13.8 Å². The van der Waals surface area contributed by atoms with Crippen molar-refractivity contribution in [2.75, 3.05) is 0 Å². The Morgan fingerprint density at radius 2 is 2.00 bits per heavy atom. The van der Waals surface area contributed by atoms with Gasteiger partial charge in [0.25, 0.3) is 0 Å². The van der Waals surface area contributed by atoms with Gasteiger partial charge in [-0.15, -0.1) is 0 Å². The molecule has 0 aromatic heterocycles. The SMILES string of the molecule is C=CC=C(C=CC)C(=C)C. The fraction of sp³-hybridized carbons (Fsp3) is 0.200. The van der Waals surface area contributed by atoms with E-state index in [-0.39, 0.29) is 0 Å². The van der Waals surface area contributed by atoms with Gasteiger partial charge in [0.2, 0.25) is 0 Å². The van der Waals surface area contributed by atoms with Crippen LogP contribution in [0.4, 0.5) is 0 Å². The van der Waals surface area contributed by atoms with Crippen LogP contribution in [0, 0.1) is 0 Å². The summed E-state index contributed by atoms with van der Waals surface area (Å²) in [6, 6.07) is 0. The molecule has 0 rings (SSSR count). The second-order valence-electron chi connectivity index (χ2n) is 2.14. The summed E-state index contributed by atoms with van der Waals surface area (Å²) in [5, 5.41) is 0. The maximum atomic E-state index is 3.83. The molecule has 0 aliphatic rings. The lowest BCUT2D eigenvalue weighted by atomic mass is 10.1. The fourth-order valence-electron chi connectivity index (χ4n) is 0.647. The average Bonchev–Trinajstić information content (AvgIpc) is 1.87. The minimum atomic E-state index is 1.07. The van der Waals surface area contributed by atoms with Gasteiger partial charge in [0.1, 0.15) is 0 Å². The molecule has 0 saturated carbocycles. The van der Waals surface area contributed by atoms with Crippen molar-refractivity contribution in [1.29, 1.82) is 0 Å². The molecule has 0 aliphatic carbocycles. The first kappa shape index (κ1) is 8.96. The Labute approximate surface area is 63.3 Å². The first-order valence-corrected chi connectivity index (χ1v) is 3.33. The molecule has 0 unspecified atom stereocenters. The van der Waals surface area contributed by atoms with Crippen LogP contribution in [0.5, 0.6) is 0 Å². The summed E-state index contributed by atoms with van der Waals surface area (Å²) in [6.45, 7) is 11.4. The van der Waals surface area contributed by atoms with Gasteiger partial charge in [0.15, 0.2) is 0 Å². The Morgan fingerprint density at radius 3 is 2.30 bits per heavy atom. The maximum Gasteiger partial charge on any atom is -0.0237 e. The van der Waals surface area contributed by atoms with Crippen LogP contribution in [0.3, 0.4) is 0 Å². The molecule has 0 aliphatic heterocycles. The molecule has 0 spiro atoms. The normalized spacial score (nSPS) is 12.0. The lowest BCUT2D eigenvalue weighted by Gasteiger charge is -1.96. The van der Waals surface area contributed by atoms with Crippen molar-refractivity contribution < 1.29 is 0 Å². The predicted octanol–water partition coefficient (Wildman–Crippen LogP) is 3.25. The summed E-state index contributed by atoms with van der Waals surface area (Å²) in [5.41, 5.74) is 2.20. The van der Waals surface area contributed by atoms with Crippen LogP contribution in [0.25, 0.3) is 0 Å². The van der Waals surface area contributed by atoms with Crippen LogP contribution in [0.1, 0.15) is 13.8 Å². The molecule has 0 heteroatoms. The molecule has 0 nitrogen and oxygen atoms in total. The van der Waals surface area contributed by atoms with E-state index in [9.17, 15) is 0 Å². The number of hydrogen-bond donors (Lipinski definition) is 0. The smallest absolute Gasteiger partial charge is 0.0237 e. The van der Waals surface area contributed by atoms with Crippen molar-refractivity contribution in [3.8, 4) is 0 Å². The Morgan fingerprint density at radius 1 is 1.40 bits per heavy atom. The van der Waals surface area contributed by atoms with Crippen LogP contribution in [0.15, 0.2) is 48.6 Å². The van der Waals surface area contributed by atoms with Gasteiger partial charge >= 0.3 is 0 Å². The van der Waals surface area contributed by atoms with Crippen molar-refractivity contribution in [3.63, 3.8) is 0 Å². The Bertz CT molecular complexity index is 180. The molecule has 0 aromatic rings. The second kappa shape index (κ2) is 4.80. The summed E-state index contributed by atoms with van der Waals surface area (Å²) < 4.78 is 0. The third kappa shape index (κ3) is 3.08. The minimum absolute atomic E-state index is 1.07. The van der Waals surface area contributed by atoms with E-state index in [1.807, 2.05) is 32.1 Å². The lowest BCUT2D eigenvalue weighted by molar-refractivity contribution is 1.44. The van der Waals surface area contributed by atoms with Gasteiger partial charge < -0.3 is 0 Å². The summed E-state index contributed by atoms with van der Waals surface area (Å²) >= 11 is 0. The molecule has 0 radical (unpaired) electrons. The summed E-state index contributed by atoms with van der Waals surface area (Å²) in [5.74, 6) is 0. The second-order valence-corrected chi connectivity index (χ2v) is 2.14. The summed E-state index contributed by atoms with van der Waals surface area (Å²) in [4.78, 5) is 0. The quantitative estimate of drug-likeness (QED) is 0.520. The zero-order chi connectivity index (χ0) is 7.98. The Balaban J connectivity index is 4.41. The maximum absolute atomic E-state index is 3.83. The Hall–Kier alpha value is -1.04. The third-order valence-corrected chi connectivity index (χ3v) is 1.14. The molecular formula is C10H14. The van der Waals surface area contributed by atoms with Gasteiger partial charge in [-0.05, 0) is 19.4 Å². The highest BCUT2D eigenvalue weighted by molar-refractivity contribution is 5.38. The van der Waals surface area contributed by atoms with Gasteiger partial charge in [-0.2, -0.15) is 0 Å². The standard InChI is InChI=1S/C10H14/c1-5-7-10(8-6-2)9(3)4/h5-8H,1,3H2,2,4H3. The molecule has 0 amide bonds. The number of rotatable bonds is 3. The summed E-state index contributed by atoms with van der Waals surface area (Å²) in [7, 11) is 0. The molecular weight excluding hydrogens is 120 g/mol. The van der Waals surface area contributed by atoms with Gasteiger partial charge in [0, 0.05) is 0 Å². The van der Waals surface area contributed by atoms with Crippen LogP contribution >= 0.6 is 0 Å². The van der Waals surface area contributed by atoms with E-state index in [0.717, 1.165) is 11.1 Å². The zero-order valence-electron chi connectivity index (χ0n) is 6.72. The highest BCUT2D eigenvalue weighted by Gasteiger charge is 1.87. The average molecular weight is 134 g/mol. The largest absolute Gasteiger partial charge is 0.0990 e. The van der Waals surface area contributed by atoms with Crippen LogP contribution in [-0.4, -0.2) is 0 Å². The molecule has 54 valence electrons. The first-order valence-electron chi connectivity index (χ1n) is 3.33. The van der Waals surface area contributed by atoms with E-state index in [2.05, 4.69) is 13.2 Å². The first-order chi connectivity index (χ1) is 4.72. The number of allylic oxidation sites excluding steroid dienone is 6. The van der Waals surface area contributed by atoms with Crippen molar-refractivity contribution in [3.05, 3.63) is 48.6 Å². The van der Waals surface area contributed by atoms with Crippen molar-refractivity contribution in [1.82, 2.24) is 0 Å². The van der Waals surface area contributed by atoms with E-state index in [1.165, 1.54) is 0 Å². The molecule has 10 heavy (non-hydrogen) atoms. The van der Waals surface area contributed by atoms with Crippen LogP contribution in [-0.2, 0) is 0 Å². The monoisotopic (exact) mass is 134 g/mol. The third-order valence-electron chi connectivity index (χ3n) is 1.14. The molecule has 0 atom stereocenters. The lowest BCUT2D eigenvalue weighted by Crippen LogP contribution is -1.76. The molecule has 0 aromatic carbocycles. The van der Waals surface area contributed by atoms with Gasteiger partial charge in [-0.3, -0.25) is 0 Å². The van der Waals surface area contributed by atoms with Crippen LogP contribution in [0.2, 0.25) is 0 Å². The molecule has 0 saturated heterocycles. The fourth-order valence-corrected chi connectivity index (χ4v) is 0.647.